The molecule has 0 spiro atoms. The number of aryl methyl sites for hydroxylation is 1. The smallest absolute Gasteiger partial charge is 0.274 e. The Kier molecular flexibility index (Phi) is 4.25. The first-order valence-electron chi connectivity index (χ1n) is 6.19. The highest BCUT2D eigenvalue weighted by Gasteiger charge is 2.12. The summed E-state index contributed by atoms with van der Waals surface area (Å²) >= 11 is 5.99. The monoisotopic (exact) mass is 289 g/mol. The molecular weight excluding hydrogens is 274 g/mol. The Morgan fingerprint density at radius 1 is 1.25 bits per heavy atom. The molecule has 1 aromatic carbocycles. The van der Waals surface area contributed by atoms with Gasteiger partial charge in [-0.05, 0) is 37.3 Å². The number of hydrogen-bond donors (Lipinski definition) is 1. The molecule has 0 fully saturated rings. The lowest BCUT2D eigenvalue weighted by Crippen LogP contribution is -2.17. The predicted octanol–water partition coefficient (Wildman–Crippen LogP) is 3.36. The zero-order valence-corrected chi connectivity index (χ0v) is 12.4. The van der Waals surface area contributed by atoms with Gasteiger partial charge in [0.05, 0.1) is 11.4 Å². The Hall–Kier alpha value is -2.07. The first-order valence-corrected chi connectivity index (χ1v) is 6.57. The summed E-state index contributed by atoms with van der Waals surface area (Å²) in [6.07, 6.45) is 0. The van der Waals surface area contributed by atoms with E-state index < -0.39 is 0 Å². The van der Waals surface area contributed by atoms with Crippen molar-refractivity contribution in [1.82, 2.24) is 4.98 Å². The summed E-state index contributed by atoms with van der Waals surface area (Å²) in [5.74, 6) is -0.251. The second kappa shape index (κ2) is 5.92. The third kappa shape index (κ3) is 3.27. The van der Waals surface area contributed by atoms with Gasteiger partial charge in [0.25, 0.3) is 5.91 Å². The highest BCUT2D eigenvalue weighted by Crippen LogP contribution is 2.28. The van der Waals surface area contributed by atoms with Gasteiger partial charge in [0, 0.05) is 24.8 Å². The average Bonchev–Trinajstić information content (AvgIpc) is 2.38. The molecule has 0 saturated carbocycles. The van der Waals surface area contributed by atoms with Crippen LogP contribution in [0.15, 0.2) is 36.4 Å². The van der Waals surface area contributed by atoms with Crippen LogP contribution in [-0.2, 0) is 0 Å². The van der Waals surface area contributed by atoms with Crippen LogP contribution in [0.1, 0.15) is 16.2 Å². The van der Waals surface area contributed by atoms with Gasteiger partial charge in [-0.2, -0.15) is 0 Å². The van der Waals surface area contributed by atoms with Crippen LogP contribution in [0.25, 0.3) is 0 Å². The highest BCUT2D eigenvalue weighted by atomic mass is 35.5. The quantitative estimate of drug-likeness (QED) is 0.942. The molecule has 1 aromatic heterocycles. The lowest BCUT2D eigenvalue weighted by atomic mass is 10.2. The Bertz CT molecular complexity index is 641. The summed E-state index contributed by atoms with van der Waals surface area (Å²) in [5, 5.41) is 3.42. The number of nitrogens with one attached hydrogen (secondary N) is 1. The number of aromatic nitrogens is 1. The molecule has 2 aromatic rings. The van der Waals surface area contributed by atoms with E-state index in [1.165, 1.54) is 0 Å². The van der Waals surface area contributed by atoms with Gasteiger partial charge >= 0.3 is 0 Å². The van der Waals surface area contributed by atoms with Crippen LogP contribution in [0.2, 0.25) is 5.02 Å². The van der Waals surface area contributed by atoms with E-state index in [1.807, 2.05) is 44.1 Å². The van der Waals surface area contributed by atoms with Crippen LogP contribution in [0.3, 0.4) is 0 Å². The topological polar surface area (TPSA) is 45.2 Å². The molecule has 0 aliphatic carbocycles. The van der Waals surface area contributed by atoms with Crippen molar-refractivity contribution in [3.63, 3.8) is 0 Å². The third-order valence-electron chi connectivity index (χ3n) is 2.81. The van der Waals surface area contributed by atoms with E-state index in [2.05, 4.69) is 10.3 Å². The number of carbonyl (C=O) groups excluding carboxylic acids is 1. The Balaban J connectivity index is 2.30. The number of halogens is 1. The second-order valence-corrected chi connectivity index (χ2v) is 5.11. The first kappa shape index (κ1) is 14.3. The predicted molar refractivity (Wildman–Crippen MR) is 82.7 cm³/mol. The van der Waals surface area contributed by atoms with Crippen LogP contribution in [0.5, 0.6) is 0 Å². The Morgan fingerprint density at radius 3 is 2.65 bits per heavy atom. The van der Waals surface area contributed by atoms with E-state index in [9.17, 15) is 4.79 Å². The molecule has 104 valence electrons. The fraction of sp³-hybridized carbons (Fsp3) is 0.200. The van der Waals surface area contributed by atoms with Crippen LogP contribution in [0.4, 0.5) is 11.4 Å². The molecule has 0 saturated heterocycles. The molecule has 4 nitrogen and oxygen atoms in total. The number of amides is 1. The molecule has 1 amide bonds. The van der Waals surface area contributed by atoms with Crippen molar-refractivity contribution in [2.75, 3.05) is 24.3 Å². The van der Waals surface area contributed by atoms with Crippen LogP contribution >= 0.6 is 11.6 Å². The number of nitrogens with zero attached hydrogens (tertiary/aromatic N) is 2. The molecule has 5 heteroatoms. The third-order valence-corrected chi connectivity index (χ3v) is 3.04. The van der Waals surface area contributed by atoms with E-state index in [4.69, 9.17) is 11.6 Å². The van der Waals surface area contributed by atoms with Gasteiger partial charge in [-0.25, -0.2) is 4.98 Å². The SMILES string of the molecule is Cc1cccc(C(=O)Nc2cc(Cl)ccc2N(C)C)n1. The van der Waals surface area contributed by atoms with Crippen molar-refractivity contribution >= 4 is 28.9 Å². The molecule has 0 atom stereocenters. The van der Waals surface area contributed by atoms with Crippen LogP contribution < -0.4 is 10.2 Å². The summed E-state index contributed by atoms with van der Waals surface area (Å²) < 4.78 is 0. The summed E-state index contributed by atoms with van der Waals surface area (Å²) in [4.78, 5) is 18.3. The minimum atomic E-state index is -0.251. The molecule has 0 radical (unpaired) electrons. The zero-order valence-electron chi connectivity index (χ0n) is 11.6. The van der Waals surface area contributed by atoms with Crippen molar-refractivity contribution in [2.24, 2.45) is 0 Å². The molecule has 0 aliphatic heterocycles. The van der Waals surface area contributed by atoms with Crippen molar-refractivity contribution in [3.05, 3.63) is 52.8 Å². The maximum atomic E-state index is 12.2. The number of hydrogen-bond acceptors (Lipinski definition) is 3. The van der Waals surface area contributed by atoms with Crippen molar-refractivity contribution < 1.29 is 4.79 Å². The van der Waals surface area contributed by atoms with Gasteiger partial charge < -0.3 is 10.2 Å². The van der Waals surface area contributed by atoms with Gasteiger partial charge in [-0.15, -0.1) is 0 Å². The fourth-order valence-corrected chi connectivity index (χ4v) is 2.03. The van der Waals surface area contributed by atoms with E-state index in [0.717, 1.165) is 11.4 Å². The molecular formula is C15H16ClN3O. The zero-order chi connectivity index (χ0) is 14.7. The van der Waals surface area contributed by atoms with Gasteiger partial charge in [0.1, 0.15) is 5.69 Å². The highest BCUT2D eigenvalue weighted by molar-refractivity contribution is 6.31. The van der Waals surface area contributed by atoms with Crippen LogP contribution in [0, 0.1) is 6.92 Å². The second-order valence-electron chi connectivity index (χ2n) is 4.67. The fourth-order valence-electron chi connectivity index (χ4n) is 1.85. The average molecular weight is 290 g/mol. The summed E-state index contributed by atoms with van der Waals surface area (Å²) in [6, 6.07) is 10.7. The maximum absolute atomic E-state index is 12.2. The number of carbonyl (C=O) groups is 1. The summed E-state index contributed by atoms with van der Waals surface area (Å²) in [7, 11) is 3.81. The summed E-state index contributed by atoms with van der Waals surface area (Å²) in [5.41, 5.74) is 2.73. The standard InChI is InChI=1S/C15H16ClN3O/c1-10-5-4-6-12(17-10)15(20)18-13-9-11(16)7-8-14(13)19(2)3/h4-9H,1-3H3,(H,18,20). The van der Waals surface area contributed by atoms with Crippen molar-refractivity contribution in [2.45, 2.75) is 6.92 Å². The lowest BCUT2D eigenvalue weighted by Gasteiger charge is -2.18. The first-order chi connectivity index (χ1) is 9.47. The summed E-state index contributed by atoms with van der Waals surface area (Å²) in [6.45, 7) is 1.85. The van der Waals surface area contributed by atoms with Gasteiger partial charge in [0.2, 0.25) is 0 Å². The van der Waals surface area contributed by atoms with Crippen molar-refractivity contribution in [3.8, 4) is 0 Å². The van der Waals surface area contributed by atoms with Crippen molar-refractivity contribution in [1.29, 1.82) is 0 Å². The maximum Gasteiger partial charge on any atom is 0.274 e. The Labute approximate surface area is 123 Å². The minimum Gasteiger partial charge on any atom is -0.376 e. The molecule has 20 heavy (non-hydrogen) atoms. The largest absolute Gasteiger partial charge is 0.376 e. The lowest BCUT2D eigenvalue weighted by molar-refractivity contribution is 0.102. The van der Waals surface area contributed by atoms with Gasteiger partial charge in [-0.1, -0.05) is 17.7 Å². The normalized spacial score (nSPS) is 10.2. The number of pyridine rings is 1. The van der Waals surface area contributed by atoms with Gasteiger partial charge in [0.15, 0.2) is 0 Å². The minimum absolute atomic E-state index is 0.251. The van der Waals surface area contributed by atoms with Gasteiger partial charge in [-0.3, -0.25) is 4.79 Å². The Morgan fingerprint density at radius 2 is 2.00 bits per heavy atom. The number of anilines is 2. The number of benzene rings is 1. The number of rotatable bonds is 3. The molecule has 0 aliphatic rings. The van der Waals surface area contributed by atoms with E-state index >= 15 is 0 Å². The van der Waals surface area contributed by atoms with Crippen LogP contribution in [-0.4, -0.2) is 25.0 Å². The molecule has 0 unspecified atom stereocenters. The van der Waals surface area contributed by atoms with E-state index in [-0.39, 0.29) is 5.91 Å². The van der Waals surface area contributed by atoms with E-state index in [1.54, 1.807) is 18.2 Å². The molecule has 1 N–H and O–H groups in total. The van der Waals surface area contributed by atoms with E-state index in [0.29, 0.717) is 16.4 Å². The molecule has 1 heterocycles. The molecule has 0 bridgehead atoms. The molecule has 2 rings (SSSR count).